The van der Waals surface area contributed by atoms with E-state index in [1.54, 1.807) is 7.11 Å². The Balaban J connectivity index is 2.19. The van der Waals surface area contributed by atoms with Crippen molar-refractivity contribution in [2.75, 3.05) is 12.8 Å². The van der Waals surface area contributed by atoms with Gasteiger partial charge in [0.1, 0.15) is 10.4 Å². The molecule has 0 aliphatic carbocycles. The highest BCUT2D eigenvalue weighted by Gasteiger charge is 2.10. The number of fused-ring (bicyclic) bond motifs is 1. The molecule has 0 saturated carbocycles. The highest BCUT2D eigenvalue weighted by Crippen LogP contribution is 2.28. The quantitative estimate of drug-likeness (QED) is 0.737. The van der Waals surface area contributed by atoms with E-state index in [-0.39, 0.29) is 0 Å². The zero-order chi connectivity index (χ0) is 13.4. The summed E-state index contributed by atoms with van der Waals surface area (Å²) in [6, 6.07) is 13.5. The van der Waals surface area contributed by atoms with Crippen molar-refractivity contribution < 1.29 is 4.74 Å². The Morgan fingerprint density at radius 2 is 1.89 bits per heavy atom. The number of nitrogens with zero attached hydrogens (tertiary/aromatic N) is 2. The Hall–Kier alpha value is -2.01. The molecule has 0 radical (unpaired) electrons. The summed E-state index contributed by atoms with van der Waals surface area (Å²) in [6.45, 7) is 0. The van der Waals surface area contributed by atoms with Crippen molar-refractivity contribution in [2.24, 2.45) is 0 Å². The maximum absolute atomic E-state index is 5.80. The zero-order valence-corrected chi connectivity index (χ0v) is 11.9. The number of anilines is 1. The number of nitrogens with two attached hydrogens (primary N) is 1. The molecular formula is C14H12BrN3O. The number of rotatable bonds is 2. The summed E-state index contributed by atoms with van der Waals surface area (Å²) in [7, 11) is 1.65. The second-order valence-corrected chi connectivity index (χ2v) is 4.93. The van der Waals surface area contributed by atoms with Crippen LogP contribution in [0.25, 0.3) is 16.6 Å². The van der Waals surface area contributed by atoms with Crippen LogP contribution in [0.3, 0.4) is 0 Å². The zero-order valence-electron chi connectivity index (χ0n) is 10.3. The van der Waals surface area contributed by atoms with Crippen molar-refractivity contribution in [3.63, 3.8) is 0 Å². The van der Waals surface area contributed by atoms with Gasteiger partial charge in [-0.05, 0) is 58.4 Å². The van der Waals surface area contributed by atoms with E-state index in [1.807, 2.05) is 47.1 Å². The number of hydrogen-bond donors (Lipinski definition) is 1. The van der Waals surface area contributed by atoms with Gasteiger partial charge in [-0.15, -0.1) is 0 Å². The Morgan fingerprint density at radius 3 is 2.58 bits per heavy atom. The molecule has 0 aliphatic heterocycles. The second-order valence-electron chi connectivity index (χ2n) is 4.18. The van der Waals surface area contributed by atoms with Gasteiger partial charge in [0, 0.05) is 11.1 Å². The van der Waals surface area contributed by atoms with E-state index >= 15 is 0 Å². The van der Waals surface area contributed by atoms with Crippen LogP contribution in [0.4, 0.5) is 5.69 Å². The summed E-state index contributed by atoms with van der Waals surface area (Å²) in [5, 5.41) is 5.49. The Kier molecular flexibility index (Phi) is 2.91. The SMILES string of the molecule is COc1ccc(-n2nc(Br)c3cc(N)ccc32)cc1. The molecule has 4 nitrogen and oxygen atoms in total. The molecule has 0 saturated heterocycles. The van der Waals surface area contributed by atoms with Crippen molar-refractivity contribution in [1.29, 1.82) is 0 Å². The predicted molar refractivity (Wildman–Crippen MR) is 79.7 cm³/mol. The van der Waals surface area contributed by atoms with Crippen LogP contribution in [0.5, 0.6) is 5.75 Å². The maximum atomic E-state index is 5.80. The molecule has 0 bridgehead atoms. The second kappa shape index (κ2) is 4.59. The molecule has 2 N–H and O–H groups in total. The summed E-state index contributed by atoms with van der Waals surface area (Å²) in [6.07, 6.45) is 0. The first-order chi connectivity index (χ1) is 9.19. The number of hydrogen-bond acceptors (Lipinski definition) is 3. The van der Waals surface area contributed by atoms with Gasteiger partial charge in [0.2, 0.25) is 0 Å². The van der Waals surface area contributed by atoms with Gasteiger partial charge in [-0.25, -0.2) is 4.68 Å². The van der Waals surface area contributed by atoms with Crippen molar-refractivity contribution in [3.05, 3.63) is 47.1 Å². The van der Waals surface area contributed by atoms with Crippen LogP contribution in [0, 0.1) is 0 Å². The molecule has 1 aromatic heterocycles. The van der Waals surface area contributed by atoms with Gasteiger partial charge in [-0.1, -0.05) is 0 Å². The lowest BCUT2D eigenvalue weighted by atomic mass is 10.2. The number of nitrogen functional groups attached to an aromatic ring is 1. The number of ether oxygens (including phenoxy) is 1. The predicted octanol–water partition coefficient (Wildman–Crippen LogP) is 3.38. The molecule has 96 valence electrons. The van der Waals surface area contributed by atoms with Crippen LogP contribution in [-0.4, -0.2) is 16.9 Å². The van der Waals surface area contributed by atoms with Gasteiger partial charge in [0.15, 0.2) is 0 Å². The van der Waals surface area contributed by atoms with Gasteiger partial charge in [0.25, 0.3) is 0 Å². The normalized spacial score (nSPS) is 10.8. The first-order valence-electron chi connectivity index (χ1n) is 5.77. The van der Waals surface area contributed by atoms with Gasteiger partial charge in [0.05, 0.1) is 18.3 Å². The lowest BCUT2D eigenvalue weighted by Gasteiger charge is -2.05. The summed E-state index contributed by atoms with van der Waals surface area (Å²) in [5.41, 5.74) is 8.51. The molecule has 0 atom stereocenters. The molecule has 3 rings (SSSR count). The highest BCUT2D eigenvalue weighted by molar-refractivity contribution is 9.10. The van der Waals surface area contributed by atoms with E-state index in [0.717, 1.165) is 32.6 Å². The minimum Gasteiger partial charge on any atom is -0.497 e. The summed E-state index contributed by atoms with van der Waals surface area (Å²) in [4.78, 5) is 0. The average molecular weight is 318 g/mol. The summed E-state index contributed by atoms with van der Waals surface area (Å²) >= 11 is 3.47. The van der Waals surface area contributed by atoms with Crippen LogP contribution in [0.15, 0.2) is 47.1 Å². The lowest BCUT2D eigenvalue weighted by Crippen LogP contribution is -1.96. The van der Waals surface area contributed by atoms with E-state index in [2.05, 4.69) is 21.0 Å². The van der Waals surface area contributed by atoms with Crippen LogP contribution in [0.1, 0.15) is 0 Å². The Morgan fingerprint density at radius 1 is 1.16 bits per heavy atom. The first kappa shape index (κ1) is 12.0. The third-order valence-corrected chi connectivity index (χ3v) is 3.56. The monoisotopic (exact) mass is 317 g/mol. The van der Waals surface area contributed by atoms with E-state index < -0.39 is 0 Å². The number of halogens is 1. The number of aromatic nitrogens is 2. The molecule has 0 fully saturated rings. The minimum absolute atomic E-state index is 0.725. The molecule has 2 aromatic carbocycles. The third kappa shape index (κ3) is 2.06. The van der Waals surface area contributed by atoms with Crippen molar-refractivity contribution in [3.8, 4) is 11.4 Å². The Labute approximate surface area is 118 Å². The van der Waals surface area contributed by atoms with Crippen LogP contribution < -0.4 is 10.5 Å². The topological polar surface area (TPSA) is 53.1 Å². The molecular weight excluding hydrogens is 306 g/mol. The fourth-order valence-electron chi connectivity index (χ4n) is 2.02. The molecule has 0 spiro atoms. The van der Waals surface area contributed by atoms with Crippen LogP contribution in [0.2, 0.25) is 0 Å². The fourth-order valence-corrected chi connectivity index (χ4v) is 2.50. The van der Waals surface area contributed by atoms with Crippen molar-refractivity contribution in [2.45, 2.75) is 0 Å². The molecule has 3 aromatic rings. The fraction of sp³-hybridized carbons (Fsp3) is 0.0714. The molecule has 1 heterocycles. The van der Waals surface area contributed by atoms with Gasteiger partial charge in [-0.2, -0.15) is 5.10 Å². The van der Waals surface area contributed by atoms with E-state index in [4.69, 9.17) is 10.5 Å². The van der Waals surface area contributed by atoms with Gasteiger partial charge < -0.3 is 10.5 Å². The number of methoxy groups -OCH3 is 1. The molecule has 0 aliphatic rings. The molecule has 0 amide bonds. The van der Waals surface area contributed by atoms with E-state index in [0.29, 0.717) is 0 Å². The van der Waals surface area contributed by atoms with Crippen LogP contribution >= 0.6 is 15.9 Å². The maximum Gasteiger partial charge on any atom is 0.136 e. The Bertz CT molecular complexity index is 734. The summed E-state index contributed by atoms with van der Waals surface area (Å²) in [5.74, 6) is 0.823. The van der Waals surface area contributed by atoms with E-state index in [1.165, 1.54) is 0 Å². The largest absolute Gasteiger partial charge is 0.497 e. The highest BCUT2D eigenvalue weighted by atomic mass is 79.9. The standard InChI is InChI=1S/C14H12BrN3O/c1-19-11-5-3-10(4-6-11)18-13-7-2-9(16)8-12(13)14(15)17-18/h2-8H,16H2,1H3. The molecule has 19 heavy (non-hydrogen) atoms. The van der Waals surface area contributed by atoms with Crippen molar-refractivity contribution >= 4 is 32.5 Å². The van der Waals surface area contributed by atoms with Crippen molar-refractivity contribution in [1.82, 2.24) is 9.78 Å². The van der Waals surface area contributed by atoms with Gasteiger partial charge in [-0.3, -0.25) is 0 Å². The number of benzene rings is 2. The lowest BCUT2D eigenvalue weighted by molar-refractivity contribution is 0.414. The van der Waals surface area contributed by atoms with Gasteiger partial charge >= 0.3 is 0 Å². The molecule has 0 unspecified atom stereocenters. The average Bonchev–Trinajstić information content (AvgIpc) is 2.76. The third-order valence-electron chi connectivity index (χ3n) is 2.98. The van der Waals surface area contributed by atoms with E-state index in [9.17, 15) is 0 Å². The first-order valence-corrected chi connectivity index (χ1v) is 6.56. The minimum atomic E-state index is 0.725. The smallest absolute Gasteiger partial charge is 0.136 e. The molecule has 5 heteroatoms. The van der Waals surface area contributed by atoms with Crippen LogP contribution in [-0.2, 0) is 0 Å². The summed E-state index contributed by atoms with van der Waals surface area (Å²) < 4.78 is 7.81.